The van der Waals surface area contributed by atoms with Crippen molar-refractivity contribution in [1.29, 1.82) is 0 Å². The van der Waals surface area contributed by atoms with Gasteiger partial charge in [0.2, 0.25) is 16.5 Å². The van der Waals surface area contributed by atoms with E-state index in [0.29, 0.717) is 22.0 Å². The van der Waals surface area contributed by atoms with Gasteiger partial charge in [0.1, 0.15) is 0 Å². The summed E-state index contributed by atoms with van der Waals surface area (Å²) in [6.45, 7) is 1.85. The Balaban J connectivity index is 2.09. The maximum absolute atomic E-state index is 12.1. The van der Waals surface area contributed by atoms with Crippen LogP contribution < -0.4 is 9.54 Å². The Morgan fingerprint density at radius 1 is 1.29 bits per heavy atom. The first-order valence-electron chi connectivity index (χ1n) is 6.23. The third kappa shape index (κ3) is 2.68. The molecule has 106 valence electrons. The number of methoxy groups -OCH3 is 1. The number of hydrogen-bond donors (Lipinski definition) is 0. The number of carbonyl (C=O) groups excluding carboxylic acids is 1. The zero-order valence-corrected chi connectivity index (χ0v) is 12.3. The highest BCUT2D eigenvalue weighted by molar-refractivity contribution is 7.03. The molecule has 7 heteroatoms. The van der Waals surface area contributed by atoms with Crippen molar-refractivity contribution in [2.45, 2.75) is 6.92 Å². The maximum atomic E-state index is 12.1. The standard InChI is InChI=1S/C14H12N4O2S/c1-9-8-11(20-2)18-13(15-9)17-14(21-18)16-12(19)10-6-4-3-5-7-10/h3-8H,1-2H3. The summed E-state index contributed by atoms with van der Waals surface area (Å²) < 4.78 is 6.98. The fourth-order valence-corrected chi connectivity index (χ4v) is 2.62. The number of aromatic nitrogens is 3. The van der Waals surface area contributed by atoms with Gasteiger partial charge in [-0.3, -0.25) is 4.79 Å². The Hall–Kier alpha value is -2.54. The van der Waals surface area contributed by atoms with Crippen LogP contribution in [0.15, 0.2) is 41.4 Å². The van der Waals surface area contributed by atoms with Crippen molar-refractivity contribution in [2.75, 3.05) is 7.11 Å². The molecule has 0 aliphatic carbocycles. The monoisotopic (exact) mass is 300 g/mol. The van der Waals surface area contributed by atoms with Gasteiger partial charge in [-0.05, 0) is 30.6 Å². The zero-order valence-electron chi connectivity index (χ0n) is 11.5. The van der Waals surface area contributed by atoms with Crippen LogP contribution in [0.4, 0.5) is 0 Å². The Labute approximate surface area is 124 Å². The Kier molecular flexibility index (Phi) is 3.49. The van der Waals surface area contributed by atoms with Crippen molar-refractivity contribution < 1.29 is 9.53 Å². The van der Waals surface area contributed by atoms with Crippen LogP contribution in [0.3, 0.4) is 0 Å². The normalized spacial score (nSPS) is 11.8. The SMILES string of the molecule is COc1cc(C)nc2nc(=NC(=O)c3ccccc3)sn12. The summed E-state index contributed by atoms with van der Waals surface area (Å²) in [5.74, 6) is 0.756. The lowest BCUT2D eigenvalue weighted by Gasteiger charge is -2.01. The molecule has 2 aromatic heterocycles. The van der Waals surface area contributed by atoms with Gasteiger partial charge in [-0.1, -0.05) is 18.2 Å². The van der Waals surface area contributed by atoms with E-state index >= 15 is 0 Å². The fraction of sp³-hybridized carbons (Fsp3) is 0.143. The van der Waals surface area contributed by atoms with E-state index in [1.165, 1.54) is 11.5 Å². The van der Waals surface area contributed by atoms with E-state index in [9.17, 15) is 4.79 Å². The Morgan fingerprint density at radius 2 is 2.05 bits per heavy atom. The minimum Gasteiger partial charge on any atom is -0.481 e. The minimum absolute atomic E-state index is 0.328. The van der Waals surface area contributed by atoms with Crippen LogP contribution >= 0.6 is 11.5 Å². The average molecular weight is 300 g/mol. The highest BCUT2D eigenvalue weighted by atomic mass is 32.1. The van der Waals surface area contributed by atoms with E-state index in [-0.39, 0.29) is 5.91 Å². The van der Waals surface area contributed by atoms with Crippen LogP contribution in [-0.4, -0.2) is 26.8 Å². The van der Waals surface area contributed by atoms with Crippen LogP contribution in [0.25, 0.3) is 5.78 Å². The van der Waals surface area contributed by atoms with Gasteiger partial charge >= 0.3 is 0 Å². The number of ether oxygens (including phenoxy) is 1. The lowest BCUT2D eigenvalue weighted by atomic mass is 10.2. The van der Waals surface area contributed by atoms with Crippen LogP contribution in [-0.2, 0) is 0 Å². The summed E-state index contributed by atoms with van der Waals surface area (Å²) in [6, 6.07) is 10.7. The van der Waals surface area contributed by atoms with Crippen molar-refractivity contribution in [1.82, 2.24) is 13.8 Å². The van der Waals surface area contributed by atoms with Gasteiger partial charge < -0.3 is 4.74 Å². The number of aryl methyl sites for hydroxylation is 1. The van der Waals surface area contributed by atoms with Crippen molar-refractivity contribution >= 4 is 23.2 Å². The molecule has 0 aliphatic rings. The molecular weight excluding hydrogens is 288 g/mol. The first kappa shape index (κ1) is 13.4. The van der Waals surface area contributed by atoms with Crippen molar-refractivity contribution in [2.24, 2.45) is 4.99 Å². The summed E-state index contributed by atoms with van der Waals surface area (Å²) in [4.78, 5) is 25.0. The molecule has 0 atom stereocenters. The van der Waals surface area contributed by atoms with Gasteiger partial charge in [0.05, 0.1) is 7.11 Å². The number of amides is 1. The van der Waals surface area contributed by atoms with Crippen LogP contribution in [0, 0.1) is 6.92 Å². The summed E-state index contributed by atoms with van der Waals surface area (Å²) in [5.41, 5.74) is 1.32. The van der Waals surface area contributed by atoms with Crippen molar-refractivity contribution in [3.63, 3.8) is 0 Å². The molecule has 21 heavy (non-hydrogen) atoms. The highest BCUT2D eigenvalue weighted by Gasteiger charge is 2.08. The molecule has 0 saturated heterocycles. The largest absolute Gasteiger partial charge is 0.481 e. The molecule has 0 unspecified atom stereocenters. The number of fused-ring (bicyclic) bond motifs is 1. The quantitative estimate of drug-likeness (QED) is 0.724. The Morgan fingerprint density at radius 3 is 2.76 bits per heavy atom. The van der Waals surface area contributed by atoms with E-state index in [4.69, 9.17) is 4.74 Å². The summed E-state index contributed by atoms with van der Waals surface area (Å²) in [6.07, 6.45) is 0. The van der Waals surface area contributed by atoms with E-state index in [1.807, 2.05) is 13.0 Å². The maximum Gasteiger partial charge on any atom is 0.279 e. The van der Waals surface area contributed by atoms with E-state index in [2.05, 4.69) is 15.0 Å². The van der Waals surface area contributed by atoms with Gasteiger partial charge in [0.25, 0.3) is 5.91 Å². The number of hydrogen-bond acceptors (Lipinski definition) is 5. The second-order valence-corrected chi connectivity index (χ2v) is 5.22. The van der Waals surface area contributed by atoms with Crippen LogP contribution in [0.5, 0.6) is 5.88 Å². The fourth-order valence-electron chi connectivity index (χ4n) is 1.83. The summed E-state index contributed by atoms with van der Waals surface area (Å²) in [5, 5.41) is 0. The molecule has 0 bridgehead atoms. The number of nitrogens with zero attached hydrogens (tertiary/aromatic N) is 4. The molecule has 1 amide bonds. The predicted octanol–water partition coefficient (Wildman–Crippen LogP) is 1.85. The van der Waals surface area contributed by atoms with E-state index in [0.717, 1.165) is 5.69 Å². The molecule has 2 heterocycles. The second kappa shape index (κ2) is 5.45. The Bertz CT molecular complexity index is 868. The third-order valence-corrected chi connectivity index (χ3v) is 3.66. The first-order valence-corrected chi connectivity index (χ1v) is 7.00. The van der Waals surface area contributed by atoms with Gasteiger partial charge in [-0.2, -0.15) is 13.8 Å². The van der Waals surface area contributed by atoms with Crippen LogP contribution in [0.1, 0.15) is 16.1 Å². The summed E-state index contributed by atoms with van der Waals surface area (Å²) in [7, 11) is 1.58. The number of carbonyl (C=O) groups is 1. The van der Waals surface area contributed by atoms with Crippen LogP contribution in [0.2, 0.25) is 0 Å². The molecule has 1 aromatic carbocycles. The van der Waals surface area contributed by atoms with Gasteiger partial charge in [-0.25, -0.2) is 4.98 Å². The molecular formula is C14H12N4O2S. The number of benzene rings is 1. The second-order valence-electron chi connectivity index (χ2n) is 4.30. The number of rotatable bonds is 2. The third-order valence-electron chi connectivity index (χ3n) is 2.79. The molecule has 0 saturated carbocycles. The smallest absolute Gasteiger partial charge is 0.279 e. The van der Waals surface area contributed by atoms with E-state index in [1.54, 1.807) is 41.2 Å². The molecule has 0 radical (unpaired) electrons. The van der Waals surface area contributed by atoms with Crippen molar-refractivity contribution in [3.05, 3.63) is 52.5 Å². The molecule has 6 nitrogen and oxygen atoms in total. The molecule has 0 N–H and O–H groups in total. The van der Waals surface area contributed by atoms with Gasteiger partial charge in [0.15, 0.2) is 0 Å². The lowest BCUT2D eigenvalue weighted by molar-refractivity contribution is 0.0998. The topological polar surface area (TPSA) is 68.8 Å². The molecule has 3 rings (SSSR count). The minimum atomic E-state index is -0.328. The molecule has 3 aromatic rings. The van der Waals surface area contributed by atoms with Crippen molar-refractivity contribution in [3.8, 4) is 5.88 Å². The predicted molar refractivity (Wildman–Crippen MR) is 78.5 cm³/mol. The molecule has 0 fully saturated rings. The van der Waals surface area contributed by atoms with Gasteiger partial charge in [0, 0.05) is 17.3 Å². The summed E-state index contributed by atoms with van der Waals surface area (Å²) >= 11 is 1.21. The average Bonchev–Trinajstić information content (AvgIpc) is 2.89. The molecule has 0 spiro atoms. The molecule has 0 aliphatic heterocycles. The zero-order chi connectivity index (χ0) is 14.8. The first-order chi connectivity index (χ1) is 10.2. The van der Waals surface area contributed by atoms with E-state index < -0.39 is 0 Å². The van der Waals surface area contributed by atoms with Gasteiger partial charge in [-0.15, -0.1) is 0 Å². The highest BCUT2D eigenvalue weighted by Crippen LogP contribution is 2.14. The lowest BCUT2D eigenvalue weighted by Crippen LogP contribution is -2.04.